The summed E-state index contributed by atoms with van der Waals surface area (Å²) in [6.07, 6.45) is 0.885. The monoisotopic (exact) mass is 294 g/mol. The van der Waals surface area contributed by atoms with Crippen molar-refractivity contribution in [1.29, 1.82) is 0 Å². The van der Waals surface area contributed by atoms with Crippen molar-refractivity contribution in [3.05, 3.63) is 59.2 Å². The van der Waals surface area contributed by atoms with Crippen molar-refractivity contribution in [2.24, 2.45) is 0 Å². The van der Waals surface area contributed by atoms with Gasteiger partial charge in [0, 0.05) is 17.7 Å². The Hall–Kier alpha value is -2.20. The molecule has 0 aliphatic heterocycles. The normalized spacial score (nSPS) is 13.0. The highest BCUT2D eigenvalue weighted by atomic mass is 32.1. The standard InChI is InChI=1S/C17H14N2OS/c1-11(17-12-6-2-4-8-14(12)20-19-17)10-16-18-13-7-3-5-9-15(13)21-16/h2-9,11H,10H2,1H3/t11-/m0/s1. The number of thiazole rings is 1. The molecule has 0 unspecified atom stereocenters. The lowest BCUT2D eigenvalue weighted by atomic mass is 10.0. The van der Waals surface area contributed by atoms with Crippen LogP contribution in [0.25, 0.3) is 21.2 Å². The third-order valence-electron chi connectivity index (χ3n) is 3.69. The minimum Gasteiger partial charge on any atom is -0.356 e. The fourth-order valence-electron chi connectivity index (χ4n) is 2.63. The number of rotatable bonds is 3. The number of nitrogens with zero attached hydrogens (tertiary/aromatic N) is 2. The van der Waals surface area contributed by atoms with Gasteiger partial charge in [0.25, 0.3) is 0 Å². The highest BCUT2D eigenvalue weighted by molar-refractivity contribution is 7.18. The van der Waals surface area contributed by atoms with Gasteiger partial charge >= 0.3 is 0 Å². The average Bonchev–Trinajstić information content (AvgIpc) is 3.10. The van der Waals surface area contributed by atoms with Crippen LogP contribution in [0.3, 0.4) is 0 Å². The summed E-state index contributed by atoms with van der Waals surface area (Å²) in [5.41, 5.74) is 2.95. The molecule has 0 amide bonds. The van der Waals surface area contributed by atoms with Gasteiger partial charge in [0.05, 0.1) is 20.9 Å². The van der Waals surface area contributed by atoms with Gasteiger partial charge in [0.15, 0.2) is 5.58 Å². The molecule has 104 valence electrons. The van der Waals surface area contributed by atoms with Gasteiger partial charge in [-0.05, 0) is 24.3 Å². The molecule has 4 heteroatoms. The lowest BCUT2D eigenvalue weighted by Gasteiger charge is -2.05. The van der Waals surface area contributed by atoms with Gasteiger partial charge < -0.3 is 4.52 Å². The zero-order valence-corrected chi connectivity index (χ0v) is 12.4. The molecule has 0 saturated heterocycles. The number of para-hydroxylation sites is 2. The van der Waals surface area contributed by atoms with Gasteiger partial charge in [-0.1, -0.05) is 36.3 Å². The summed E-state index contributed by atoms with van der Waals surface area (Å²) in [5, 5.41) is 6.50. The summed E-state index contributed by atoms with van der Waals surface area (Å²) >= 11 is 1.76. The first-order chi connectivity index (χ1) is 10.3. The third-order valence-corrected chi connectivity index (χ3v) is 4.75. The molecule has 2 aromatic carbocycles. The lowest BCUT2D eigenvalue weighted by molar-refractivity contribution is 0.439. The summed E-state index contributed by atoms with van der Waals surface area (Å²) in [4.78, 5) is 4.70. The maximum Gasteiger partial charge on any atom is 0.167 e. The number of hydrogen-bond acceptors (Lipinski definition) is 4. The van der Waals surface area contributed by atoms with E-state index in [9.17, 15) is 0 Å². The number of benzene rings is 2. The van der Waals surface area contributed by atoms with Crippen molar-refractivity contribution in [1.82, 2.24) is 10.1 Å². The number of hydrogen-bond donors (Lipinski definition) is 0. The van der Waals surface area contributed by atoms with E-state index >= 15 is 0 Å². The minimum atomic E-state index is 0.286. The zero-order valence-electron chi connectivity index (χ0n) is 11.6. The molecule has 0 spiro atoms. The topological polar surface area (TPSA) is 38.9 Å². The molecule has 2 aromatic heterocycles. The van der Waals surface area contributed by atoms with E-state index in [0.29, 0.717) is 0 Å². The predicted octanol–water partition coefficient (Wildman–Crippen LogP) is 4.78. The van der Waals surface area contributed by atoms with Crippen LogP contribution in [0.4, 0.5) is 0 Å². The van der Waals surface area contributed by atoms with Crippen LogP contribution in [0.1, 0.15) is 23.5 Å². The van der Waals surface area contributed by atoms with Crippen molar-refractivity contribution in [2.45, 2.75) is 19.3 Å². The Kier molecular flexibility index (Phi) is 2.97. The summed E-state index contributed by atoms with van der Waals surface area (Å²) in [7, 11) is 0. The average molecular weight is 294 g/mol. The van der Waals surface area contributed by atoms with E-state index in [1.165, 1.54) is 4.70 Å². The largest absolute Gasteiger partial charge is 0.356 e. The maximum atomic E-state index is 5.40. The van der Waals surface area contributed by atoms with Crippen molar-refractivity contribution in [2.75, 3.05) is 0 Å². The van der Waals surface area contributed by atoms with Gasteiger partial charge in [-0.15, -0.1) is 11.3 Å². The molecule has 0 N–H and O–H groups in total. The SMILES string of the molecule is C[C@@H](Cc1nc2ccccc2s1)c1noc2ccccc12. The van der Waals surface area contributed by atoms with Crippen LogP contribution in [0, 0.1) is 0 Å². The van der Waals surface area contributed by atoms with Gasteiger partial charge in [-0.3, -0.25) is 0 Å². The van der Waals surface area contributed by atoms with E-state index in [0.717, 1.165) is 33.6 Å². The van der Waals surface area contributed by atoms with Gasteiger partial charge in [0.1, 0.15) is 0 Å². The molecular weight excluding hydrogens is 280 g/mol. The Labute approximate surface area is 126 Å². The van der Waals surface area contributed by atoms with Crippen molar-refractivity contribution in [3.63, 3.8) is 0 Å². The van der Waals surface area contributed by atoms with Crippen molar-refractivity contribution >= 4 is 32.5 Å². The first-order valence-electron chi connectivity index (χ1n) is 7.00. The van der Waals surface area contributed by atoms with Crippen LogP contribution in [-0.2, 0) is 6.42 Å². The predicted molar refractivity (Wildman–Crippen MR) is 85.7 cm³/mol. The second kappa shape index (κ2) is 4.97. The van der Waals surface area contributed by atoms with E-state index in [4.69, 9.17) is 9.51 Å². The summed E-state index contributed by atoms with van der Waals surface area (Å²) in [5.74, 6) is 0.286. The van der Waals surface area contributed by atoms with E-state index < -0.39 is 0 Å². The van der Waals surface area contributed by atoms with Crippen LogP contribution in [0.15, 0.2) is 53.1 Å². The van der Waals surface area contributed by atoms with Crippen LogP contribution in [-0.4, -0.2) is 10.1 Å². The molecule has 0 aliphatic rings. The highest BCUT2D eigenvalue weighted by Crippen LogP contribution is 2.30. The smallest absolute Gasteiger partial charge is 0.167 e. The van der Waals surface area contributed by atoms with Gasteiger partial charge in [-0.2, -0.15) is 0 Å². The molecule has 0 aliphatic carbocycles. The molecule has 4 aromatic rings. The third kappa shape index (κ3) is 2.21. The van der Waals surface area contributed by atoms with Crippen molar-refractivity contribution < 1.29 is 4.52 Å². The summed E-state index contributed by atoms with van der Waals surface area (Å²) in [6, 6.07) is 16.3. The first kappa shape index (κ1) is 12.5. The first-order valence-corrected chi connectivity index (χ1v) is 7.81. The zero-order chi connectivity index (χ0) is 14.2. The molecular formula is C17H14N2OS. The minimum absolute atomic E-state index is 0.286. The molecule has 0 radical (unpaired) electrons. The second-order valence-electron chi connectivity index (χ2n) is 5.24. The van der Waals surface area contributed by atoms with Crippen LogP contribution in [0.5, 0.6) is 0 Å². The molecule has 4 rings (SSSR count). The molecule has 21 heavy (non-hydrogen) atoms. The highest BCUT2D eigenvalue weighted by Gasteiger charge is 2.17. The maximum absolute atomic E-state index is 5.40. The fraction of sp³-hybridized carbons (Fsp3) is 0.176. The Balaban J connectivity index is 1.67. The Morgan fingerprint density at radius 1 is 1.10 bits per heavy atom. The molecule has 1 atom stereocenters. The number of aromatic nitrogens is 2. The molecule has 2 heterocycles. The van der Waals surface area contributed by atoms with Gasteiger partial charge in [-0.25, -0.2) is 4.98 Å². The molecule has 3 nitrogen and oxygen atoms in total. The Bertz CT molecular complexity index is 876. The van der Waals surface area contributed by atoms with E-state index in [-0.39, 0.29) is 5.92 Å². The molecule has 0 bridgehead atoms. The lowest BCUT2D eigenvalue weighted by Crippen LogP contribution is -1.98. The van der Waals surface area contributed by atoms with E-state index in [1.807, 2.05) is 24.3 Å². The number of fused-ring (bicyclic) bond motifs is 2. The summed E-state index contributed by atoms with van der Waals surface area (Å²) < 4.78 is 6.64. The van der Waals surface area contributed by atoms with E-state index in [2.05, 4.69) is 36.3 Å². The van der Waals surface area contributed by atoms with Crippen LogP contribution >= 0.6 is 11.3 Å². The molecule has 0 saturated carbocycles. The quantitative estimate of drug-likeness (QED) is 0.545. The Morgan fingerprint density at radius 3 is 2.81 bits per heavy atom. The van der Waals surface area contributed by atoms with Crippen LogP contribution < -0.4 is 0 Å². The molecule has 0 fully saturated rings. The fourth-order valence-corrected chi connectivity index (χ4v) is 3.72. The van der Waals surface area contributed by atoms with Crippen LogP contribution in [0.2, 0.25) is 0 Å². The second-order valence-corrected chi connectivity index (χ2v) is 6.36. The van der Waals surface area contributed by atoms with Crippen molar-refractivity contribution in [3.8, 4) is 0 Å². The van der Waals surface area contributed by atoms with E-state index in [1.54, 1.807) is 11.3 Å². The Morgan fingerprint density at radius 2 is 1.90 bits per heavy atom. The summed E-state index contributed by atoms with van der Waals surface area (Å²) in [6.45, 7) is 2.18. The van der Waals surface area contributed by atoms with Gasteiger partial charge in [0.2, 0.25) is 0 Å².